The first-order chi connectivity index (χ1) is 10.2. The summed E-state index contributed by atoms with van der Waals surface area (Å²) in [5.41, 5.74) is 2.67. The van der Waals surface area contributed by atoms with Crippen LogP contribution in [0.3, 0.4) is 0 Å². The van der Waals surface area contributed by atoms with Crippen LogP contribution in [0.4, 0.5) is 0 Å². The molecular formula is C19H25NS. The Bertz CT molecular complexity index is 560. The van der Waals surface area contributed by atoms with Crippen LogP contribution in [0.25, 0.3) is 11.1 Å². The molecule has 2 aromatic rings. The molecule has 3 unspecified atom stereocenters. The van der Waals surface area contributed by atoms with Gasteiger partial charge in [-0.2, -0.15) is 0 Å². The van der Waals surface area contributed by atoms with Crippen LogP contribution in [0.2, 0.25) is 0 Å². The van der Waals surface area contributed by atoms with Crippen molar-refractivity contribution >= 4 is 11.3 Å². The number of hydrogen-bond donors (Lipinski definition) is 1. The molecule has 21 heavy (non-hydrogen) atoms. The van der Waals surface area contributed by atoms with E-state index >= 15 is 0 Å². The van der Waals surface area contributed by atoms with Crippen LogP contribution in [0, 0.1) is 11.8 Å². The molecule has 1 aromatic carbocycles. The van der Waals surface area contributed by atoms with Gasteiger partial charge >= 0.3 is 0 Å². The van der Waals surface area contributed by atoms with Gasteiger partial charge in [0.1, 0.15) is 0 Å². The molecule has 0 saturated heterocycles. The predicted molar refractivity (Wildman–Crippen MR) is 92.6 cm³/mol. The molecule has 1 heterocycles. The SMILES string of the molecule is CC1CCC(NCc2cc(-c3ccccc3)cs2)C(C)C1. The van der Waals surface area contributed by atoms with Crippen LogP contribution in [-0.4, -0.2) is 6.04 Å². The van der Waals surface area contributed by atoms with Gasteiger partial charge in [-0.3, -0.25) is 0 Å². The summed E-state index contributed by atoms with van der Waals surface area (Å²) in [6, 6.07) is 13.7. The molecule has 3 rings (SSSR count). The van der Waals surface area contributed by atoms with E-state index in [0.717, 1.165) is 18.4 Å². The number of benzene rings is 1. The largest absolute Gasteiger partial charge is 0.309 e. The zero-order chi connectivity index (χ0) is 14.7. The zero-order valence-electron chi connectivity index (χ0n) is 13.0. The molecule has 1 aromatic heterocycles. The Morgan fingerprint density at radius 3 is 2.67 bits per heavy atom. The molecule has 1 nitrogen and oxygen atoms in total. The van der Waals surface area contributed by atoms with Gasteiger partial charge in [0.2, 0.25) is 0 Å². The van der Waals surface area contributed by atoms with Crippen molar-refractivity contribution in [2.45, 2.75) is 45.7 Å². The number of hydrogen-bond acceptors (Lipinski definition) is 2. The van der Waals surface area contributed by atoms with Crippen molar-refractivity contribution in [3.63, 3.8) is 0 Å². The molecule has 0 radical (unpaired) electrons. The maximum Gasteiger partial charge on any atom is 0.0302 e. The van der Waals surface area contributed by atoms with E-state index in [0.29, 0.717) is 6.04 Å². The van der Waals surface area contributed by atoms with Crippen molar-refractivity contribution in [3.05, 3.63) is 46.7 Å². The quantitative estimate of drug-likeness (QED) is 0.804. The van der Waals surface area contributed by atoms with Crippen LogP contribution >= 0.6 is 11.3 Å². The fourth-order valence-electron chi connectivity index (χ4n) is 3.46. The smallest absolute Gasteiger partial charge is 0.0302 e. The molecule has 0 bridgehead atoms. The Morgan fingerprint density at radius 1 is 1.10 bits per heavy atom. The molecule has 1 N–H and O–H groups in total. The standard InChI is InChI=1S/C19H25NS/c1-14-8-9-19(15(2)10-14)20-12-18-11-17(13-21-18)16-6-4-3-5-7-16/h3-7,11,13-15,19-20H,8-10,12H2,1-2H3. The number of thiophene rings is 1. The second kappa shape index (κ2) is 6.76. The molecule has 0 spiro atoms. The summed E-state index contributed by atoms with van der Waals surface area (Å²) in [5, 5.41) is 6.06. The average molecular weight is 299 g/mol. The fourth-order valence-corrected chi connectivity index (χ4v) is 4.30. The normalized spacial score (nSPS) is 25.9. The average Bonchev–Trinajstić information content (AvgIpc) is 2.96. The van der Waals surface area contributed by atoms with Gasteiger partial charge in [-0.1, -0.05) is 44.2 Å². The highest BCUT2D eigenvalue weighted by Gasteiger charge is 2.24. The van der Waals surface area contributed by atoms with E-state index in [4.69, 9.17) is 0 Å². The Morgan fingerprint density at radius 2 is 1.90 bits per heavy atom. The highest BCUT2D eigenvalue weighted by Crippen LogP contribution is 2.30. The van der Waals surface area contributed by atoms with Gasteiger partial charge in [0.15, 0.2) is 0 Å². The van der Waals surface area contributed by atoms with E-state index in [1.54, 1.807) is 0 Å². The van der Waals surface area contributed by atoms with Crippen molar-refractivity contribution in [3.8, 4) is 11.1 Å². The summed E-state index contributed by atoms with van der Waals surface area (Å²) >= 11 is 1.87. The van der Waals surface area contributed by atoms with Gasteiger partial charge < -0.3 is 5.32 Å². The van der Waals surface area contributed by atoms with Crippen LogP contribution in [0.5, 0.6) is 0 Å². The summed E-state index contributed by atoms with van der Waals surface area (Å²) in [7, 11) is 0. The van der Waals surface area contributed by atoms with E-state index in [1.807, 2.05) is 11.3 Å². The first-order valence-electron chi connectivity index (χ1n) is 8.08. The molecule has 1 fully saturated rings. The fraction of sp³-hybridized carbons (Fsp3) is 0.474. The van der Waals surface area contributed by atoms with Gasteiger partial charge in [0.05, 0.1) is 0 Å². The van der Waals surface area contributed by atoms with Gasteiger partial charge in [-0.05, 0) is 53.7 Å². The predicted octanol–water partition coefficient (Wildman–Crippen LogP) is 5.33. The van der Waals surface area contributed by atoms with Gasteiger partial charge in [0.25, 0.3) is 0 Å². The second-order valence-corrected chi connectivity index (χ2v) is 7.55. The molecule has 1 aliphatic rings. The minimum absolute atomic E-state index is 0.698. The lowest BCUT2D eigenvalue weighted by Gasteiger charge is -2.33. The zero-order valence-corrected chi connectivity index (χ0v) is 13.8. The summed E-state index contributed by atoms with van der Waals surface area (Å²) in [5.74, 6) is 1.71. The van der Waals surface area contributed by atoms with Crippen molar-refractivity contribution in [1.82, 2.24) is 5.32 Å². The lowest BCUT2D eigenvalue weighted by atomic mass is 9.80. The molecule has 0 aliphatic heterocycles. The molecule has 2 heteroatoms. The van der Waals surface area contributed by atoms with Crippen LogP contribution in [0.15, 0.2) is 41.8 Å². The first-order valence-corrected chi connectivity index (χ1v) is 8.96. The minimum atomic E-state index is 0.698. The maximum absolute atomic E-state index is 3.78. The first kappa shape index (κ1) is 14.8. The minimum Gasteiger partial charge on any atom is -0.309 e. The van der Waals surface area contributed by atoms with Crippen LogP contribution in [-0.2, 0) is 6.54 Å². The lowest BCUT2D eigenvalue weighted by Crippen LogP contribution is -2.38. The summed E-state index contributed by atoms with van der Waals surface area (Å²) in [6.45, 7) is 5.80. The van der Waals surface area contributed by atoms with E-state index < -0.39 is 0 Å². The van der Waals surface area contributed by atoms with Gasteiger partial charge in [-0.25, -0.2) is 0 Å². The second-order valence-electron chi connectivity index (χ2n) is 6.55. The Balaban J connectivity index is 1.58. The van der Waals surface area contributed by atoms with Gasteiger partial charge in [0, 0.05) is 17.5 Å². The summed E-state index contributed by atoms with van der Waals surface area (Å²) < 4.78 is 0. The third kappa shape index (κ3) is 3.75. The van der Waals surface area contributed by atoms with E-state index in [-0.39, 0.29) is 0 Å². The van der Waals surface area contributed by atoms with Gasteiger partial charge in [-0.15, -0.1) is 11.3 Å². The monoisotopic (exact) mass is 299 g/mol. The van der Waals surface area contributed by atoms with E-state index in [1.165, 1.54) is 35.3 Å². The van der Waals surface area contributed by atoms with E-state index in [9.17, 15) is 0 Å². The van der Waals surface area contributed by atoms with Crippen molar-refractivity contribution in [2.75, 3.05) is 0 Å². The third-order valence-electron chi connectivity index (χ3n) is 4.73. The molecule has 112 valence electrons. The maximum atomic E-state index is 3.78. The molecule has 1 saturated carbocycles. The van der Waals surface area contributed by atoms with Crippen molar-refractivity contribution in [2.24, 2.45) is 11.8 Å². The lowest BCUT2D eigenvalue weighted by molar-refractivity contribution is 0.227. The molecule has 3 atom stereocenters. The molecular weight excluding hydrogens is 274 g/mol. The summed E-state index contributed by atoms with van der Waals surface area (Å²) in [6.07, 6.45) is 4.08. The van der Waals surface area contributed by atoms with Crippen molar-refractivity contribution in [1.29, 1.82) is 0 Å². The topological polar surface area (TPSA) is 12.0 Å². The van der Waals surface area contributed by atoms with E-state index in [2.05, 4.69) is 60.9 Å². The highest BCUT2D eigenvalue weighted by atomic mass is 32.1. The molecule has 1 aliphatic carbocycles. The molecule has 0 amide bonds. The Labute approximate surface area is 132 Å². The third-order valence-corrected chi connectivity index (χ3v) is 5.67. The van der Waals surface area contributed by atoms with Crippen LogP contribution < -0.4 is 5.32 Å². The van der Waals surface area contributed by atoms with Crippen molar-refractivity contribution < 1.29 is 0 Å². The Hall–Kier alpha value is -1.12. The summed E-state index contributed by atoms with van der Waals surface area (Å²) in [4.78, 5) is 1.44. The number of rotatable bonds is 4. The highest BCUT2D eigenvalue weighted by molar-refractivity contribution is 7.10. The number of nitrogens with one attached hydrogen (secondary N) is 1. The van der Waals surface area contributed by atoms with Crippen LogP contribution in [0.1, 0.15) is 38.0 Å². The Kier molecular flexibility index (Phi) is 4.77.